The molecule has 0 aliphatic heterocycles. The van der Waals surface area contributed by atoms with Crippen molar-refractivity contribution in [3.05, 3.63) is 35.4 Å². The summed E-state index contributed by atoms with van der Waals surface area (Å²) in [5.74, 6) is 0.739. The Kier molecular flexibility index (Phi) is 4.22. The average Bonchev–Trinajstić information content (AvgIpc) is 2.89. The molecule has 0 unspecified atom stereocenters. The number of benzene rings is 1. The summed E-state index contributed by atoms with van der Waals surface area (Å²) in [7, 11) is 0. The van der Waals surface area contributed by atoms with Crippen LogP contribution in [-0.2, 0) is 0 Å². The highest BCUT2D eigenvalue weighted by atomic mass is 32.2. The second-order valence-electron chi connectivity index (χ2n) is 4.33. The minimum Gasteiger partial charge on any atom is -0.293 e. The fourth-order valence-corrected chi connectivity index (χ4v) is 3.28. The molecule has 0 aromatic heterocycles. The van der Waals surface area contributed by atoms with Crippen LogP contribution in [0.1, 0.15) is 41.6 Å². The summed E-state index contributed by atoms with van der Waals surface area (Å²) in [4.78, 5) is 11.9. The molecule has 0 bridgehead atoms. The van der Waals surface area contributed by atoms with Gasteiger partial charge in [0.1, 0.15) is 0 Å². The first-order valence-electron chi connectivity index (χ1n) is 5.94. The van der Waals surface area contributed by atoms with Crippen LogP contribution in [0, 0.1) is 11.3 Å². The summed E-state index contributed by atoms with van der Waals surface area (Å²) in [5.41, 5.74) is 1.32. The van der Waals surface area contributed by atoms with Crippen LogP contribution >= 0.6 is 11.8 Å². The van der Waals surface area contributed by atoms with E-state index in [4.69, 9.17) is 5.26 Å². The first-order chi connectivity index (χ1) is 8.29. The number of carbonyl (C=O) groups is 1. The maximum atomic E-state index is 11.9. The van der Waals surface area contributed by atoms with Gasteiger partial charge in [-0.2, -0.15) is 17.0 Å². The molecule has 3 heteroatoms. The third-order valence-electron chi connectivity index (χ3n) is 3.09. The summed E-state index contributed by atoms with van der Waals surface area (Å²) < 4.78 is 0. The number of Topliss-reactive ketones (excluding diaryl/α,β-unsaturated/α-hetero) is 1. The molecule has 1 aliphatic carbocycles. The van der Waals surface area contributed by atoms with E-state index in [1.807, 2.05) is 0 Å². The number of rotatable bonds is 4. The van der Waals surface area contributed by atoms with Crippen molar-refractivity contribution in [3.63, 3.8) is 0 Å². The van der Waals surface area contributed by atoms with E-state index in [1.165, 1.54) is 25.7 Å². The van der Waals surface area contributed by atoms with E-state index in [0.29, 0.717) is 16.6 Å². The highest BCUT2D eigenvalue weighted by Gasteiger charge is 2.17. The Morgan fingerprint density at radius 3 is 2.53 bits per heavy atom. The molecular formula is C14H15NOS. The molecule has 0 radical (unpaired) electrons. The number of ketones is 1. The predicted molar refractivity (Wildman–Crippen MR) is 70.2 cm³/mol. The molecule has 0 spiro atoms. The van der Waals surface area contributed by atoms with E-state index in [1.54, 1.807) is 36.0 Å². The van der Waals surface area contributed by atoms with Gasteiger partial charge in [0.2, 0.25) is 0 Å². The van der Waals surface area contributed by atoms with Gasteiger partial charge in [-0.25, -0.2) is 0 Å². The lowest BCUT2D eigenvalue weighted by Gasteiger charge is -2.07. The summed E-state index contributed by atoms with van der Waals surface area (Å²) in [6, 6.07) is 8.95. The van der Waals surface area contributed by atoms with E-state index >= 15 is 0 Å². The summed E-state index contributed by atoms with van der Waals surface area (Å²) in [6.45, 7) is 0. The van der Waals surface area contributed by atoms with Crippen LogP contribution in [0.5, 0.6) is 0 Å². The van der Waals surface area contributed by atoms with Gasteiger partial charge in [-0.1, -0.05) is 25.0 Å². The van der Waals surface area contributed by atoms with Crippen molar-refractivity contribution < 1.29 is 4.79 Å². The van der Waals surface area contributed by atoms with E-state index in [9.17, 15) is 4.79 Å². The zero-order chi connectivity index (χ0) is 12.1. The Labute approximate surface area is 106 Å². The molecule has 1 aromatic rings. The van der Waals surface area contributed by atoms with Gasteiger partial charge >= 0.3 is 0 Å². The Balaban J connectivity index is 1.88. The number of hydrogen-bond acceptors (Lipinski definition) is 3. The lowest BCUT2D eigenvalue weighted by molar-refractivity contribution is 0.102. The zero-order valence-corrected chi connectivity index (χ0v) is 10.5. The molecule has 1 saturated carbocycles. The van der Waals surface area contributed by atoms with Crippen molar-refractivity contribution in [1.29, 1.82) is 5.26 Å². The van der Waals surface area contributed by atoms with Crippen LogP contribution in [0.3, 0.4) is 0 Å². The largest absolute Gasteiger partial charge is 0.293 e. The summed E-state index contributed by atoms with van der Waals surface area (Å²) >= 11 is 1.78. The van der Waals surface area contributed by atoms with Gasteiger partial charge in [0.05, 0.1) is 17.4 Å². The normalized spacial score (nSPS) is 15.7. The molecule has 1 aliphatic rings. The van der Waals surface area contributed by atoms with Crippen LogP contribution in [0.2, 0.25) is 0 Å². The van der Waals surface area contributed by atoms with Gasteiger partial charge in [0.15, 0.2) is 5.78 Å². The molecule has 88 valence electrons. The number of hydrogen-bond donors (Lipinski definition) is 0. The summed E-state index contributed by atoms with van der Waals surface area (Å²) in [5, 5.41) is 9.35. The standard InChI is InChI=1S/C14H15NOS/c15-9-11-5-7-12(8-6-11)14(16)10-17-13-3-1-2-4-13/h5-8,13H,1-4,10H2. The van der Waals surface area contributed by atoms with Crippen molar-refractivity contribution in [3.8, 4) is 6.07 Å². The Bertz CT molecular complexity index is 427. The molecule has 0 atom stereocenters. The number of thioether (sulfide) groups is 1. The van der Waals surface area contributed by atoms with Crippen molar-refractivity contribution in [2.24, 2.45) is 0 Å². The summed E-state index contributed by atoms with van der Waals surface area (Å²) in [6.07, 6.45) is 5.13. The monoisotopic (exact) mass is 245 g/mol. The van der Waals surface area contributed by atoms with E-state index < -0.39 is 0 Å². The molecule has 2 rings (SSSR count). The van der Waals surface area contributed by atoms with Gasteiger partial charge in [-0.3, -0.25) is 4.79 Å². The second-order valence-corrected chi connectivity index (χ2v) is 5.62. The van der Waals surface area contributed by atoms with Crippen LogP contribution in [0.4, 0.5) is 0 Å². The van der Waals surface area contributed by atoms with Crippen LogP contribution in [-0.4, -0.2) is 16.8 Å². The first kappa shape index (κ1) is 12.2. The molecule has 0 saturated heterocycles. The molecule has 0 amide bonds. The Morgan fingerprint density at radius 1 is 1.29 bits per heavy atom. The third-order valence-corrected chi connectivity index (χ3v) is 4.46. The molecule has 0 heterocycles. The molecule has 2 nitrogen and oxygen atoms in total. The second kappa shape index (κ2) is 5.88. The quantitative estimate of drug-likeness (QED) is 0.763. The topological polar surface area (TPSA) is 40.9 Å². The van der Waals surface area contributed by atoms with Gasteiger partial charge in [-0.05, 0) is 25.0 Å². The zero-order valence-electron chi connectivity index (χ0n) is 9.69. The van der Waals surface area contributed by atoms with Crippen LogP contribution < -0.4 is 0 Å². The minimum atomic E-state index is 0.173. The molecule has 1 aromatic carbocycles. The number of carbonyl (C=O) groups excluding carboxylic acids is 1. The number of nitrogens with zero attached hydrogens (tertiary/aromatic N) is 1. The Hall–Kier alpha value is -1.27. The van der Waals surface area contributed by atoms with Crippen molar-refractivity contribution in [2.45, 2.75) is 30.9 Å². The maximum absolute atomic E-state index is 11.9. The molecular weight excluding hydrogens is 230 g/mol. The van der Waals surface area contributed by atoms with E-state index in [2.05, 4.69) is 6.07 Å². The predicted octanol–water partition coefficient (Wildman–Crippen LogP) is 3.42. The van der Waals surface area contributed by atoms with Crippen molar-refractivity contribution >= 4 is 17.5 Å². The fraction of sp³-hybridized carbons (Fsp3) is 0.429. The fourth-order valence-electron chi connectivity index (χ4n) is 2.06. The maximum Gasteiger partial charge on any atom is 0.172 e. The SMILES string of the molecule is N#Cc1ccc(C(=O)CSC2CCCC2)cc1. The van der Waals surface area contributed by atoms with Crippen LogP contribution in [0.25, 0.3) is 0 Å². The number of nitriles is 1. The first-order valence-corrected chi connectivity index (χ1v) is 6.99. The van der Waals surface area contributed by atoms with Crippen molar-refractivity contribution in [2.75, 3.05) is 5.75 Å². The minimum absolute atomic E-state index is 0.173. The lowest BCUT2D eigenvalue weighted by atomic mass is 10.1. The van der Waals surface area contributed by atoms with Crippen LogP contribution in [0.15, 0.2) is 24.3 Å². The molecule has 17 heavy (non-hydrogen) atoms. The highest BCUT2D eigenvalue weighted by molar-refractivity contribution is 8.00. The van der Waals surface area contributed by atoms with Gasteiger partial charge < -0.3 is 0 Å². The molecule has 1 fully saturated rings. The van der Waals surface area contributed by atoms with E-state index in [-0.39, 0.29) is 5.78 Å². The highest BCUT2D eigenvalue weighted by Crippen LogP contribution is 2.29. The van der Waals surface area contributed by atoms with E-state index in [0.717, 1.165) is 5.56 Å². The average molecular weight is 245 g/mol. The lowest BCUT2D eigenvalue weighted by Crippen LogP contribution is -2.06. The van der Waals surface area contributed by atoms with Gasteiger partial charge in [0, 0.05) is 10.8 Å². The smallest absolute Gasteiger partial charge is 0.172 e. The Morgan fingerprint density at radius 2 is 1.94 bits per heavy atom. The van der Waals surface area contributed by atoms with Crippen molar-refractivity contribution in [1.82, 2.24) is 0 Å². The molecule has 0 N–H and O–H groups in total. The third kappa shape index (κ3) is 3.34. The van der Waals surface area contributed by atoms with Gasteiger partial charge in [-0.15, -0.1) is 0 Å². The van der Waals surface area contributed by atoms with Gasteiger partial charge in [0.25, 0.3) is 0 Å².